The Morgan fingerprint density at radius 1 is 1.11 bits per heavy atom. The zero-order chi connectivity index (χ0) is 31.4. The lowest BCUT2D eigenvalue weighted by atomic mass is 9.93. The number of amides is 2. The molecule has 1 aromatic heterocycles. The minimum Gasteiger partial charge on any atom is -0.453 e. The topological polar surface area (TPSA) is 109 Å². The molecular weight excluding hydrogens is 651 g/mol. The van der Waals surface area contributed by atoms with Crippen molar-refractivity contribution in [3.8, 4) is 11.1 Å². The average molecular weight is 682 g/mol. The molecule has 44 heavy (non-hydrogen) atoms. The summed E-state index contributed by atoms with van der Waals surface area (Å²) in [5.41, 5.74) is 4.12. The lowest BCUT2D eigenvalue weighted by Gasteiger charge is -2.23. The minimum atomic E-state index is -0.742. The summed E-state index contributed by atoms with van der Waals surface area (Å²) < 4.78 is 19.8. The first-order valence-corrected chi connectivity index (χ1v) is 15.4. The number of methoxy groups -OCH3 is 1. The number of aromatic nitrogens is 1. The van der Waals surface area contributed by atoms with Crippen molar-refractivity contribution in [2.75, 3.05) is 24.3 Å². The van der Waals surface area contributed by atoms with Crippen LogP contribution in [0, 0.1) is 11.7 Å². The molecule has 3 aromatic carbocycles. The summed E-state index contributed by atoms with van der Waals surface area (Å²) >= 11 is 9.20. The lowest BCUT2D eigenvalue weighted by molar-refractivity contribution is -0.119. The van der Waals surface area contributed by atoms with Gasteiger partial charge >= 0.3 is 6.09 Å². The summed E-state index contributed by atoms with van der Waals surface area (Å²) in [5.74, 6) is -1.54. The Bertz CT molecular complexity index is 1750. The van der Waals surface area contributed by atoms with E-state index < -0.39 is 11.9 Å². The number of hydrogen-bond donors (Lipinski definition) is 3. The fraction of sp³-hybridized carbons (Fsp3) is 0.273. The Morgan fingerprint density at radius 3 is 2.70 bits per heavy atom. The second-order valence-corrected chi connectivity index (χ2v) is 12.0. The maximum atomic E-state index is 14.7. The third-order valence-electron chi connectivity index (χ3n) is 7.74. The number of rotatable bonds is 6. The fourth-order valence-electron chi connectivity index (χ4n) is 5.36. The number of Topliss-reactive ketones (excluding diaryl/α,β-unsaturated/α-hetero) is 1. The van der Waals surface area contributed by atoms with Gasteiger partial charge < -0.3 is 15.4 Å². The van der Waals surface area contributed by atoms with E-state index in [2.05, 4.69) is 31.9 Å². The Morgan fingerprint density at radius 2 is 1.91 bits per heavy atom. The van der Waals surface area contributed by atoms with Crippen molar-refractivity contribution in [3.63, 3.8) is 0 Å². The van der Waals surface area contributed by atoms with Crippen LogP contribution < -0.4 is 16.0 Å². The lowest BCUT2D eigenvalue weighted by Crippen LogP contribution is -2.26. The molecule has 2 bridgehead atoms. The minimum absolute atomic E-state index is 0.0460. The highest BCUT2D eigenvalue weighted by Gasteiger charge is 2.24. The van der Waals surface area contributed by atoms with Gasteiger partial charge in [0, 0.05) is 46.0 Å². The second-order valence-electron chi connectivity index (χ2n) is 10.7. The molecule has 1 aliphatic heterocycles. The number of carbonyl (C=O) groups is 3. The van der Waals surface area contributed by atoms with Crippen LogP contribution in [-0.4, -0.2) is 36.4 Å². The van der Waals surface area contributed by atoms with Gasteiger partial charge in [-0.05, 0) is 70.7 Å². The van der Waals surface area contributed by atoms with Crippen molar-refractivity contribution in [2.24, 2.45) is 5.92 Å². The number of pyridine rings is 1. The van der Waals surface area contributed by atoms with E-state index in [1.807, 2.05) is 43.3 Å². The molecule has 2 heterocycles. The van der Waals surface area contributed by atoms with Crippen LogP contribution in [0.15, 0.2) is 65.1 Å². The molecule has 4 aromatic rings. The van der Waals surface area contributed by atoms with E-state index in [9.17, 15) is 18.8 Å². The van der Waals surface area contributed by atoms with E-state index >= 15 is 0 Å². The number of halogens is 3. The summed E-state index contributed by atoms with van der Waals surface area (Å²) in [5, 5.41) is 9.99. The van der Waals surface area contributed by atoms with Gasteiger partial charge in [0.1, 0.15) is 0 Å². The maximum absolute atomic E-state index is 14.7. The first-order valence-electron chi connectivity index (χ1n) is 14.3. The summed E-state index contributed by atoms with van der Waals surface area (Å²) in [6.45, 7) is 2.16. The molecule has 3 N–H and O–H groups in total. The van der Waals surface area contributed by atoms with Crippen LogP contribution in [0.3, 0.4) is 0 Å². The van der Waals surface area contributed by atoms with Gasteiger partial charge in [-0.15, -0.1) is 0 Å². The number of hydrogen-bond acceptors (Lipinski definition) is 6. The third kappa shape index (κ3) is 6.93. The molecule has 0 saturated carbocycles. The molecule has 1 aliphatic rings. The van der Waals surface area contributed by atoms with Gasteiger partial charge in [-0.2, -0.15) is 0 Å². The molecule has 0 radical (unpaired) electrons. The van der Waals surface area contributed by atoms with Gasteiger partial charge in [-0.3, -0.25) is 19.9 Å². The van der Waals surface area contributed by atoms with Crippen LogP contribution in [-0.2, 0) is 9.53 Å². The number of benzene rings is 3. The van der Waals surface area contributed by atoms with Crippen LogP contribution in [0.5, 0.6) is 0 Å². The molecule has 0 saturated heterocycles. The van der Waals surface area contributed by atoms with E-state index in [4.69, 9.17) is 21.3 Å². The monoisotopic (exact) mass is 680 g/mol. The fourth-order valence-corrected chi connectivity index (χ4v) is 6.05. The van der Waals surface area contributed by atoms with E-state index in [1.165, 1.54) is 13.2 Å². The van der Waals surface area contributed by atoms with E-state index in [1.54, 1.807) is 18.2 Å². The molecule has 0 fully saturated rings. The highest BCUT2D eigenvalue weighted by atomic mass is 79.9. The number of anilines is 2. The van der Waals surface area contributed by atoms with Crippen molar-refractivity contribution in [1.82, 2.24) is 10.3 Å². The van der Waals surface area contributed by atoms with Gasteiger partial charge in [-0.1, -0.05) is 49.2 Å². The molecule has 2 amide bonds. The van der Waals surface area contributed by atoms with Crippen LogP contribution in [0.1, 0.15) is 54.7 Å². The molecule has 0 unspecified atom stereocenters. The molecular formula is C33H31BrClFN4O4. The van der Waals surface area contributed by atoms with Gasteiger partial charge in [0.15, 0.2) is 11.6 Å². The van der Waals surface area contributed by atoms with Crippen molar-refractivity contribution in [1.29, 1.82) is 0 Å². The predicted molar refractivity (Wildman–Crippen MR) is 174 cm³/mol. The number of ether oxygens (including phenoxy) is 1. The predicted octanol–water partition coefficient (Wildman–Crippen LogP) is 8.30. The SMILES string of the molecule is COC(=O)Nc1ccc2c(c1)NC(=O)[C@H](C)CCC[C@H](NCCC(=O)c1c(Br)ccc(Cl)c1F)c1cc-2c2ccccc2n1. The zero-order valence-electron chi connectivity index (χ0n) is 24.2. The first-order chi connectivity index (χ1) is 21.2. The summed E-state index contributed by atoms with van der Waals surface area (Å²) in [4.78, 5) is 43.2. The number of ketones is 1. The van der Waals surface area contributed by atoms with Crippen LogP contribution >= 0.6 is 27.5 Å². The van der Waals surface area contributed by atoms with Crippen molar-refractivity contribution >= 4 is 67.6 Å². The molecule has 5 rings (SSSR count). The molecule has 11 heteroatoms. The summed E-state index contributed by atoms with van der Waals surface area (Å²) in [7, 11) is 1.28. The van der Waals surface area contributed by atoms with E-state index in [-0.39, 0.29) is 47.2 Å². The van der Waals surface area contributed by atoms with Crippen LogP contribution in [0.25, 0.3) is 22.0 Å². The second kappa shape index (κ2) is 13.8. The Kier molecular flexibility index (Phi) is 9.93. The van der Waals surface area contributed by atoms with E-state index in [0.29, 0.717) is 28.7 Å². The van der Waals surface area contributed by atoms with E-state index in [0.717, 1.165) is 34.1 Å². The molecule has 228 valence electrons. The van der Waals surface area contributed by atoms with Crippen LogP contribution in [0.2, 0.25) is 5.02 Å². The zero-order valence-corrected chi connectivity index (χ0v) is 26.5. The smallest absolute Gasteiger partial charge is 0.411 e. The normalized spacial score (nSPS) is 16.7. The van der Waals surface area contributed by atoms with Crippen LogP contribution in [0.4, 0.5) is 20.6 Å². The highest BCUT2D eigenvalue weighted by molar-refractivity contribution is 9.10. The Balaban J connectivity index is 1.53. The molecule has 2 atom stereocenters. The first kappa shape index (κ1) is 31.6. The molecule has 0 aliphatic carbocycles. The number of para-hydroxylation sites is 1. The standard InChI is InChI=1S/C33H31BrClFN4O4/c1-18-6-5-9-26(37-15-14-29(41)30-23(34)12-13-24(35)31(30)36)28-17-22(20-7-3-4-8-25(20)39-28)21-11-10-19(38-33(43)44-2)16-27(21)40-32(18)42/h3-4,7-8,10-13,16-18,26,37H,5-6,9,14-15H2,1-2H3,(H,38,43)(H,40,42)/t18-,26+/m1/s1. The highest BCUT2D eigenvalue weighted by Crippen LogP contribution is 2.38. The largest absolute Gasteiger partial charge is 0.453 e. The number of carbonyl (C=O) groups excluding carboxylic acids is 3. The van der Waals surface area contributed by atoms with Gasteiger partial charge in [0.2, 0.25) is 5.91 Å². The van der Waals surface area contributed by atoms with Gasteiger partial charge in [0.25, 0.3) is 0 Å². The van der Waals surface area contributed by atoms with Crippen molar-refractivity contribution in [3.05, 3.63) is 87.2 Å². The summed E-state index contributed by atoms with van der Waals surface area (Å²) in [6.07, 6.45) is 1.44. The molecule has 0 spiro atoms. The average Bonchev–Trinajstić information content (AvgIpc) is 3.01. The number of nitrogens with zero attached hydrogens (tertiary/aromatic N) is 1. The molecule has 8 nitrogen and oxygen atoms in total. The van der Waals surface area contributed by atoms with Crippen molar-refractivity contribution < 1.29 is 23.5 Å². The van der Waals surface area contributed by atoms with Crippen molar-refractivity contribution in [2.45, 2.75) is 38.6 Å². The van der Waals surface area contributed by atoms with Gasteiger partial charge in [0.05, 0.1) is 34.6 Å². The quantitative estimate of drug-likeness (QED) is 0.140. The van der Waals surface area contributed by atoms with Gasteiger partial charge in [-0.25, -0.2) is 9.18 Å². The maximum Gasteiger partial charge on any atom is 0.411 e. The Labute approximate surface area is 267 Å². The number of fused-ring (bicyclic) bond motifs is 6. The Hall–Kier alpha value is -3.86. The number of nitrogens with one attached hydrogen (secondary N) is 3. The summed E-state index contributed by atoms with van der Waals surface area (Å²) in [6, 6.07) is 17.8. The third-order valence-corrected chi connectivity index (χ3v) is 8.69.